The van der Waals surface area contributed by atoms with E-state index in [1.54, 1.807) is 0 Å². The van der Waals surface area contributed by atoms with Crippen molar-refractivity contribution in [1.29, 1.82) is 0 Å². The van der Waals surface area contributed by atoms with Gasteiger partial charge in [0.25, 0.3) is 0 Å². The largest absolute Gasteiger partial charge is 0.376 e. The first-order valence-electron chi connectivity index (χ1n) is 7.69. The van der Waals surface area contributed by atoms with Gasteiger partial charge in [0.15, 0.2) is 0 Å². The van der Waals surface area contributed by atoms with Crippen LogP contribution in [-0.4, -0.2) is 12.6 Å². The van der Waals surface area contributed by atoms with Crippen LogP contribution >= 0.6 is 11.3 Å². The zero-order valence-corrected chi connectivity index (χ0v) is 13.5. The first-order chi connectivity index (χ1) is 10.2. The fourth-order valence-electron chi connectivity index (χ4n) is 2.40. The number of nitrogens with one attached hydrogen (secondary N) is 1. The van der Waals surface area contributed by atoms with Crippen LogP contribution in [-0.2, 0) is 17.9 Å². The second kappa shape index (κ2) is 6.73. The third-order valence-electron chi connectivity index (χ3n) is 3.83. The Hall–Kier alpha value is -1.16. The monoisotopic (exact) mass is 301 g/mol. The van der Waals surface area contributed by atoms with Crippen molar-refractivity contribution in [1.82, 2.24) is 5.32 Å². The number of thiophene rings is 1. The molecule has 1 aliphatic rings. The fourth-order valence-corrected chi connectivity index (χ4v) is 3.56. The zero-order chi connectivity index (χ0) is 14.7. The highest BCUT2D eigenvalue weighted by Gasteiger charge is 2.21. The molecule has 0 spiro atoms. The summed E-state index contributed by atoms with van der Waals surface area (Å²) in [7, 11) is 0. The van der Waals surface area contributed by atoms with E-state index in [9.17, 15) is 0 Å². The average molecular weight is 301 g/mol. The summed E-state index contributed by atoms with van der Waals surface area (Å²) in [6.45, 7) is 8.42. The van der Waals surface area contributed by atoms with Crippen molar-refractivity contribution in [3.8, 4) is 0 Å². The predicted molar refractivity (Wildman–Crippen MR) is 90.8 cm³/mol. The molecule has 2 aromatic rings. The summed E-state index contributed by atoms with van der Waals surface area (Å²) in [6, 6.07) is 9.39. The normalized spacial score (nSPS) is 14.7. The quantitative estimate of drug-likeness (QED) is 0.566. The highest BCUT2D eigenvalue weighted by Crippen LogP contribution is 2.32. The molecule has 3 heteroatoms. The van der Waals surface area contributed by atoms with Gasteiger partial charge < -0.3 is 10.1 Å². The van der Waals surface area contributed by atoms with Crippen molar-refractivity contribution in [2.45, 2.75) is 45.4 Å². The maximum absolute atomic E-state index is 5.88. The number of hydrogen-bond donors (Lipinski definition) is 1. The number of fused-ring (bicyclic) bond motifs is 1. The molecule has 21 heavy (non-hydrogen) atoms. The van der Waals surface area contributed by atoms with E-state index in [1.165, 1.54) is 38.9 Å². The Morgan fingerprint density at radius 3 is 2.95 bits per heavy atom. The summed E-state index contributed by atoms with van der Waals surface area (Å²) in [5.74, 6) is 0. The molecular formula is C18H23NOS. The SMILES string of the molecule is C=C(C)CCOCc1c(CNC2CC2)sc2ccccc12. The standard InChI is InChI=1S/C18H23NOS/c1-13(2)9-10-20-12-16-15-5-3-4-6-17(15)21-18(16)11-19-14-7-8-14/h3-6,14,19H,1,7-12H2,2H3. The number of benzene rings is 1. The first-order valence-corrected chi connectivity index (χ1v) is 8.50. The van der Waals surface area contributed by atoms with E-state index in [-0.39, 0.29) is 0 Å². The summed E-state index contributed by atoms with van der Waals surface area (Å²) < 4.78 is 7.24. The van der Waals surface area contributed by atoms with Crippen molar-refractivity contribution < 1.29 is 4.74 Å². The van der Waals surface area contributed by atoms with Crippen molar-refractivity contribution in [2.24, 2.45) is 0 Å². The lowest BCUT2D eigenvalue weighted by molar-refractivity contribution is 0.124. The van der Waals surface area contributed by atoms with Gasteiger partial charge in [0.2, 0.25) is 0 Å². The zero-order valence-electron chi connectivity index (χ0n) is 12.7. The molecule has 1 saturated carbocycles. The Morgan fingerprint density at radius 2 is 2.19 bits per heavy atom. The van der Waals surface area contributed by atoms with Crippen molar-refractivity contribution >= 4 is 21.4 Å². The Morgan fingerprint density at radius 1 is 1.38 bits per heavy atom. The lowest BCUT2D eigenvalue weighted by Crippen LogP contribution is -2.15. The summed E-state index contributed by atoms with van der Waals surface area (Å²) in [4.78, 5) is 1.43. The molecule has 0 radical (unpaired) electrons. The average Bonchev–Trinajstić information content (AvgIpc) is 3.23. The topological polar surface area (TPSA) is 21.3 Å². The Labute approximate surface area is 130 Å². The van der Waals surface area contributed by atoms with Crippen LogP contribution in [0.2, 0.25) is 0 Å². The van der Waals surface area contributed by atoms with E-state index in [4.69, 9.17) is 4.74 Å². The van der Waals surface area contributed by atoms with Crippen molar-refractivity contribution in [2.75, 3.05) is 6.61 Å². The first kappa shape index (κ1) is 14.8. The minimum absolute atomic E-state index is 0.707. The molecule has 0 bridgehead atoms. The molecule has 1 fully saturated rings. The molecule has 0 amide bonds. The lowest BCUT2D eigenvalue weighted by atomic mass is 10.1. The molecule has 1 aliphatic carbocycles. The van der Waals surface area contributed by atoms with Crippen LogP contribution in [0.15, 0.2) is 36.4 Å². The molecule has 3 rings (SSSR count). The van der Waals surface area contributed by atoms with Crippen LogP contribution in [0.5, 0.6) is 0 Å². The van der Waals surface area contributed by atoms with Gasteiger partial charge >= 0.3 is 0 Å². The summed E-state index contributed by atoms with van der Waals surface area (Å²) >= 11 is 1.90. The Bertz CT molecular complexity index is 627. The predicted octanol–water partition coefficient (Wildman–Crippen LogP) is 4.64. The van der Waals surface area contributed by atoms with Crippen molar-refractivity contribution in [3.63, 3.8) is 0 Å². The minimum atomic E-state index is 0.707. The highest BCUT2D eigenvalue weighted by atomic mass is 32.1. The van der Waals surface area contributed by atoms with Gasteiger partial charge in [-0.1, -0.05) is 23.8 Å². The third-order valence-corrected chi connectivity index (χ3v) is 5.04. The van der Waals surface area contributed by atoms with Gasteiger partial charge in [0.05, 0.1) is 13.2 Å². The van der Waals surface area contributed by atoms with Gasteiger partial charge in [-0.05, 0) is 37.6 Å². The molecule has 0 aliphatic heterocycles. The van der Waals surface area contributed by atoms with Crippen LogP contribution in [0.3, 0.4) is 0 Å². The summed E-state index contributed by atoms with van der Waals surface area (Å²) in [5, 5.41) is 4.98. The molecule has 2 nitrogen and oxygen atoms in total. The molecule has 1 aromatic heterocycles. The van der Waals surface area contributed by atoms with E-state index in [1.807, 2.05) is 18.3 Å². The van der Waals surface area contributed by atoms with Crippen LogP contribution in [0.1, 0.15) is 36.6 Å². The van der Waals surface area contributed by atoms with Gasteiger partial charge in [-0.15, -0.1) is 17.9 Å². The molecule has 1 heterocycles. The summed E-state index contributed by atoms with van der Waals surface area (Å²) in [6.07, 6.45) is 3.60. The molecule has 0 unspecified atom stereocenters. The molecule has 112 valence electrons. The molecule has 1 aromatic carbocycles. The molecule has 0 saturated heterocycles. The van der Waals surface area contributed by atoms with Gasteiger partial charge in [-0.2, -0.15) is 0 Å². The van der Waals surface area contributed by atoms with Gasteiger partial charge in [0.1, 0.15) is 0 Å². The van der Waals surface area contributed by atoms with E-state index in [0.717, 1.165) is 25.6 Å². The maximum Gasteiger partial charge on any atom is 0.0734 e. The smallest absolute Gasteiger partial charge is 0.0734 e. The van der Waals surface area contributed by atoms with Crippen LogP contribution < -0.4 is 5.32 Å². The van der Waals surface area contributed by atoms with Crippen LogP contribution in [0.4, 0.5) is 0 Å². The number of rotatable bonds is 8. The minimum Gasteiger partial charge on any atom is -0.376 e. The van der Waals surface area contributed by atoms with Crippen molar-refractivity contribution in [3.05, 3.63) is 46.9 Å². The number of hydrogen-bond acceptors (Lipinski definition) is 3. The molecule has 0 atom stereocenters. The Balaban J connectivity index is 1.72. The van der Waals surface area contributed by atoms with E-state index >= 15 is 0 Å². The van der Waals surface area contributed by atoms with Crippen LogP contribution in [0.25, 0.3) is 10.1 Å². The molecular weight excluding hydrogens is 278 g/mol. The van der Waals surface area contributed by atoms with Gasteiger partial charge in [-0.3, -0.25) is 0 Å². The van der Waals surface area contributed by atoms with E-state index in [0.29, 0.717) is 6.61 Å². The fraction of sp³-hybridized carbons (Fsp3) is 0.444. The van der Waals surface area contributed by atoms with Gasteiger partial charge in [0, 0.05) is 27.7 Å². The molecule has 1 N–H and O–H groups in total. The lowest BCUT2D eigenvalue weighted by Gasteiger charge is -2.07. The number of ether oxygens (including phenoxy) is 1. The van der Waals surface area contributed by atoms with E-state index in [2.05, 4.69) is 36.2 Å². The van der Waals surface area contributed by atoms with Gasteiger partial charge in [-0.25, -0.2) is 0 Å². The Kier molecular flexibility index (Phi) is 4.73. The maximum atomic E-state index is 5.88. The van der Waals surface area contributed by atoms with E-state index < -0.39 is 0 Å². The van der Waals surface area contributed by atoms with Crippen LogP contribution in [0, 0.1) is 0 Å². The second-order valence-corrected chi connectivity index (χ2v) is 7.05. The summed E-state index contributed by atoms with van der Waals surface area (Å²) in [5.41, 5.74) is 2.55. The third kappa shape index (κ3) is 3.94. The highest BCUT2D eigenvalue weighted by molar-refractivity contribution is 7.19. The second-order valence-electron chi connectivity index (χ2n) is 5.91.